The third-order valence-electron chi connectivity index (χ3n) is 6.33. The first kappa shape index (κ1) is 36.3. The fourth-order valence-electron chi connectivity index (χ4n) is 4.37. The minimum Gasteiger partial charge on any atom is -0.460 e. The highest BCUT2D eigenvalue weighted by atomic mass is 19.4. The standard InChI is InChI=1S/C26H22F3N5O5.2C3H8/c1-13(18(11-30)23(36)32-15-5-3-14(4-6-15)26(27,28)29)39-16-9-17-19(20(10-16)31-2)12-34(25(17)38)21-7-8-22(35)33-24(21)37;2*1-3-2/h3-6,9-10,21,31H,7-8,12H2,1-2H3,(H,32,36)(H,33,35,37);2*3H2,1-2H3/b18-13-;;. The van der Waals surface area contributed by atoms with E-state index in [9.17, 15) is 37.6 Å². The molecule has 2 aromatic rings. The molecule has 1 fully saturated rings. The minimum absolute atomic E-state index is 0.0442. The van der Waals surface area contributed by atoms with Gasteiger partial charge >= 0.3 is 6.18 Å². The number of nitrogens with zero attached hydrogens (tertiary/aromatic N) is 2. The number of fused-ring (bicyclic) bond motifs is 1. The molecule has 3 N–H and O–H groups in total. The molecule has 10 nitrogen and oxygen atoms in total. The second-order valence-corrected chi connectivity index (χ2v) is 10.2. The molecule has 45 heavy (non-hydrogen) atoms. The first-order chi connectivity index (χ1) is 21.2. The molecule has 2 aliphatic heterocycles. The Kier molecular flexibility index (Phi) is 13.1. The number of hydrogen-bond acceptors (Lipinski definition) is 7. The quantitative estimate of drug-likeness (QED) is 0.151. The summed E-state index contributed by atoms with van der Waals surface area (Å²) in [5, 5.41) is 17.1. The van der Waals surface area contributed by atoms with Crippen molar-refractivity contribution in [1.29, 1.82) is 5.26 Å². The number of benzene rings is 2. The molecule has 2 aromatic carbocycles. The lowest BCUT2D eigenvalue weighted by atomic mass is 10.0. The number of ether oxygens (including phenoxy) is 1. The fraction of sp³-hybridized carbons (Fsp3) is 0.406. The molecule has 1 atom stereocenters. The smallest absolute Gasteiger partial charge is 0.416 e. The maximum absolute atomic E-state index is 13.2. The molecule has 13 heteroatoms. The highest BCUT2D eigenvalue weighted by Gasteiger charge is 2.40. The first-order valence-corrected chi connectivity index (χ1v) is 14.5. The van der Waals surface area contributed by atoms with Crippen molar-refractivity contribution in [3.63, 3.8) is 0 Å². The monoisotopic (exact) mass is 629 g/mol. The van der Waals surface area contributed by atoms with Crippen LogP contribution in [-0.2, 0) is 27.1 Å². The van der Waals surface area contributed by atoms with Crippen molar-refractivity contribution >= 4 is 35.0 Å². The molecule has 4 amide bonds. The molecular weight excluding hydrogens is 591 g/mol. The highest BCUT2D eigenvalue weighted by molar-refractivity contribution is 6.07. The first-order valence-electron chi connectivity index (χ1n) is 14.5. The van der Waals surface area contributed by atoms with Crippen molar-refractivity contribution in [1.82, 2.24) is 10.2 Å². The summed E-state index contributed by atoms with van der Waals surface area (Å²) in [5.74, 6) is -2.27. The van der Waals surface area contributed by atoms with Crippen LogP contribution in [-0.4, -0.2) is 41.6 Å². The fourth-order valence-corrected chi connectivity index (χ4v) is 4.37. The summed E-state index contributed by atoms with van der Waals surface area (Å²) >= 11 is 0. The van der Waals surface area contributed by atoms with Gasteiger partial charge in [-0.15, -0.1) is 0 Å². The predicted octanol–water partition coefficient (Wildman–Crippen LogP) is 6.16. The van der Waals surface area contributed by atoms with Crippen molar-refractivity contribution in [2.45, 2.75) is 79.1 Å². The maximum atomic E-state index is 13.2. The summed E-state index contributed by atoms with van der Waals surface area (Å²) in [5.41, 5.74) is 0.106. The van der Waals surface area contributed by atoms with E-state index in [-0.39, 0.29) is 42.1 Å². The van der Waals surface area contributed by atoms with Gasteiger partial charge in [0.25, 0.3) is 11.8 Å². The molecule has 0 bridgehead atoms. The number of imide groups is 1. The Balaban J connectivity index is 0.00000109. The van der Waals surface area contributed by atoms with Crippen LogP contribution in [0.15, 0.2) is 47.7 Å². The summed E-state index contributed by atoms with van der Waals surface area (Å²) in [6, 6.07) is 7.63. The van der Waals surface area contributed by atoms with Gasteiger partial charge in [0.1, 0.15) is 23.6 Å². The molecule has 1 saturated heterocycles. The molecule has 0 saturated carbocycles. The SMILES string of the molecule is CCC.CCC.CNc1cc(O/C(C)=C(/C#N)C(=O)Nc2ccc(C(F)(F)F)cc2)cc2c1CN(C1CCC(=O)NC1=O)C2=O. The van der Waals surface area contributed by atoms with Crippen LogP contribution in [0.1, 0.15) is 81.8 Å². The van der Waals surface area contributed by atoms with Crippen LogP contribution in [0.5, 0.6) is 5.75 Å². The zero-order chi connectivity index (χ0) is 33.9. The van der Waals surface area contributed by atoms with Crippen molar-refractivity contribution in [3.05, 3.63) is 64.4 Å². The Hall–Kier alpha value is -4.86. The Morgan fingerprint density at radius 2 is 1.69 bits per heavy atom. The van der Waals surface area contributed by atoms with Crippen molar-refractivity contribution in [2.24, 2.45) is 0 Å². The van der Waals surface area contributed by atoms with Crippen LogP contribution >= 0.6 is 0 Å². The van der Waals surface area contributed by atoms with Crippen LogP contribution in [0.4, 0.5) is 24.5 Å². The van der Waals surface area contributed by atoms with Gasteiger partial charge in [0.15, 0.2) is 5.57 Å². The van der Waals surface area contributed by atoms with E-state index in [1.54, 1.807) is 19.2 Å². The number of allylic oxidation sites excluding steroid dienone is 1. The molecule has 0 aromatic heterocycles. The minimum atomic E-state index is -4.53. The number of halogens is 3. The van der Waals surface area contributed by atoms with Crippen molar-refractivity contribution in [2.75, 3.05) is 17.7 Å². The van der Waals surface area contributed by atoms with E-state index in [1.807, 2.05) is 0 Å². The Labute approximate surface area is 260 Å². The molecular formula is C32H38F3N5O5. The van der Waals surface area contributed by atoms with E-state index >= 15 is 0 Å². The van der Waals surface area contributed by atoms with Crippen LogP contribution in [0.25, 0.3) is 0 Å². The van der Waals surface area contributed by atoms with E-state index in [0.29, 0.717) is 11.3 Å². The molecule has 4 rings (SSSR count). The third kappa shape index (κ3) is 9.31. The summed E-state index contributed by atoms with van der Waals surface area (Å²) in [4.78, 5) is 51.1. The molecule has 0 aliphatic carbocycles. The van der Waals surface area contributed by atoms with Gasteiger partial charge in [-0.1, -0.05) is 40.5 Å². The van der Waals surface area contributed by atoms with Crippen molar-refractivity contribution < 1.29 is 37.1 Å². The molecule has 2 heterocycles. The van der Waals surface area contributed by atoms with E-state index in [0.717, 1.165) is 24.3 Å². The number of alkyl halides is 3. The number of amides is 4. The van der Waals surface area contributed by atoms with Crippen molar-refractivity contribution in [3.8, 4) is 11.8 Å². The largest absolute Gasteiger partial charge is 0.460 e. The van der Waals surface area contributed by atoms with E-state index in [4.69, 9.17) is 4.74 Å². The lowest BCUT2D eigenvalue weighted by Gasteiger charge is -2.29. The van der Waals surface area contributed by atoms with Gasteiger partial charge < -0.3 is 20.3 Å². The van der Waals surface area contributed by atoms with Crippen LogP contribution in [0.2, 0.25) is 0 Å². The Morgan fingerprint density at radius 3 is 2.20 bits per heavy atom. The summed E-state index contributed by atoms with van der Waals surface area (Å²) < 4.78 is 44.1. The average Bonchev–Trinajstić information content (AvgIpc) is 3.29. The van der Waals surface area contributed by atoms with Gasteiger partial charge in [-0.2, -0.15) is 18.4 Å². The van der Waals surface area contributed by atoms with E-state index in [1.165, 1.54) is 30.7 Å². The highest BCUT2D eigenvalue weighted by Crippen LogP contribution is 2.36. The summed E-state index contributed by atoms with van der Waals surface area (Å²) in [6.07, 6.45) is -1.73. The second-order valence-electron chi connectivity index (χ2n) is 10.2. The Bertz CT molecular complexity index is 1480. The van der Waals surface area contributed by atoms with Gasteiger partial charge in [0, 0.05) is 43.0 Å². The lowest BCUT2D eigenvalue weighted by Crippen LogP contribution is -2.52. The number of rotatable bonds is 6. The van der Waals surface area contributed by atoms with Gasteiger partial charge in [-0.05, 0) is 43.7 Å². The number of nitriles is 1. The molecule has 0 radical (unpaired) electrons. The molecule has 242 valence electrons. The molecule has 0 spiro atoms. The average molecular weight is 630 g/mol. The second kappa shape index (κ2) is 16.3. The van der Waals surface area contributed by atoms with Gasteiger partial charge in [0.2, 0.25) is 11.8 Å². The molecule has 2 aliphatic rings. The summed E-state index contributed by atoms with van der Waals surface area (Å²) in [7, 11) is 1.62. The van der Waals surface area contributed by atoms with Gasteiger partial charge in [-0.3, -0.25) is 24.5 Å². The topological polar surface area (TPSA) is 141 Å². The number of carbonyl (C=O) groups is 4. The predicted molar refractivity (Wildman–Crippen MR) is 163 cm³/mol. The maximum Gasteiger partial charge on any atom is 0.416 e. The number of anilines is 2. The normalized spacial score (nSPS) is 16.0. The lowest BCUT2D eigenvalue weighted by molar-refractivity contribution is -0.138. The number of carbonyl (C=O) groups excluding carboxylic acids is 4. The Morgan fingerprint density at radius 1 is 1.09 bits per heavy atom. The van der Waals surface area contributed by atoms with Gasteiger partial charge in [0.05, 0.1) is 11.1 Å². The summed E-state index contributed by atoms with van der Waals surface area (Å²) in [6.45, 7) is 9.99. The third-order valence-corrected chi connectivity index (χ3v) is 6.33. The van der Waals surface area contributed by atoms with E-state index in [2.05, 4.69) is 43.6 Å². The van der Waals surface area contributed by atoms with Crippen LogP contribution in [0.3, 0.4) is 0 Å². The number of piperidine rings is 1. The van der Waals surface area contributed by atoms with Crippen LogP contribution < -0.4 is 20.7 Å². The van der Waals surface area contributed by atoms with Crippen LogP contribution in [0, 0.1) is 11.3 Å². The number of hydrogen-bond donors (Lipinski definition) is 3. The zero-order valence-electron chi connectivity index (χ0n) is 26.1. The molecule has 1 unspecified atom stereocenters. The van der Waals surface area contributed by atoms with E-state index < -0.39 is 47.0 Å². The van der Waals surface area contributed by atoms with Gasteiger partial charge in [-0.25, -0.2) is 0 Å². The number of nitrogens with one attached hydrogen (secondary N) is 3. The zero-order valence-corrected chi connectivity index (χ0v) is 26.1.